The maximum absolute atomic E-state index is 12.6. The lowest BCUT2D eigenvalue weighted by Crippen LogP contribution is -2.13. The van der Waals surface area contributed by atoms with Crippen LogP contribution < -0.4 is 4.72 Å². The number of rotatable bonds is 4. The van der Waals surface area contributed by atoms with E-state index in [4.69, 9.17) is 5.26 Å². The Morgan fingerprint density at radius 3 is 2.11 bits per heavy atom. The monoisotopic (exact) mass is 389 g/mol. The van der Waals surface area contributed by atoms with Crippen LogP contribution in [0.1, 0.15) is 16.7 Å². The maximum atomic E-state index is 12.6. The van der Waals surface area contributed by atoms with E-state index < -0.39 is 10.0 Å². The Kier molecular flexibility index (Phi) is 5.04. The van der Waals surface area contributed by atoms with Gasteiger partial charge in [-0.3, -0.25) is 4.72 Å². The summed E-state index contributed by atoms with van der Waals surface area (Å²) in [6.07, 6.45) is 0. The fraction of sp³-hybridized carbons (Fsp3) is 0.0476. The van der Waals surface area contributed by atoms with Crippen molar-refractivity contribution in [3.05, 3.63) is 77.4 Å². The van der Waals surface area contributed by atoms with Crippen molar-refractivity contribution in [1.29, 1.82) is 10.5 Å². The lowest BCUT2D eigenvalue weighted by molar-refractivity contribution is 0.475. The Bertz CT molecular complexity index is 1240. The van der Waals surface area contributed by atoms with E-state index in [1.807, 2.05) is 18.2 Å². The minimum atomic E-state index is -3.83. The summed E-state index contributed by atoms with van der Waals surface area (Å²) in [5.41, 5.74) is 3.06. The molecule has 0 aliphatic rings. The summed E-state index contributed by atoms with van der Waals surface area (Å²) in [5, 5.41) is 27.6. The van der Waals surface area contributed by atoms with Gasteiger partial charge in [-0.1, -0.05) is 18.2 Å². The molecule has 6 nitrogen and oxygen atoms in total. The lowest BCUT2D eigenvalue weighted by Gasteiger charge is -2.13. The number of hydrogen-bond donors (Lipinski definition) is 2. The average Bonchev–Trinajstić information content (AvgIpc) is 2.69. The molecule has 0 aromatic heterocycles. The van der Waals surface area contributed by atoms with Crippen molar-refractivity contribution in [2.24, 2.45) is 0 Å². The third kappa shape index (κ3) is 3.80. The second-order valence-electron chi connectivity index (χ2n) is 6.11. The highest BCUT2D eigenvalue weighted by atomic mass is 32.2. The van der Waals surface area contributed by atoms with Crippen LogP contribution in [0.15, 0.2) is 65.6 Å². The highest BCUT2D eigenvalue weighted by Gasteiger charge is 2.16. The highest BCUT2D eigenvalue weighted by Crippen LogP contribution is 2.28. The number of hydrogen-bond acceptors (Lipinski definition) is 5. The van der Waals surface area contributed by atoms with Gasteiger partial charge in [-0.05, 0) is 66.1 Å². The molecule has 0 atom stereocenters. The van der Waals surface area contributed by atoms with Gasteiger partial charge in [0.1, 0.15) is 17.9 Å². The van der Waals surface area contributed by atoms with Gasteiger partial charge in [-0.2, -0.15) is 10.5 Å². The van der Waals surface area contributed by atoms with Crippen LogP contribution in [0.3, 0.4) is 0 Å². The van der Waals surface area contributed by atoms with Gasteiger partial charge in [0.2, 0.25) is 0 Å². The smallest absolute Gasteiger partial charge is 0.261 e. The third-order valence-electron chi connectivity index (χ3n) is 4.22. The van der Waals surface area contributed by atoms with Gasteiger partial charge in [0.05, 0.1) is 21.7 Å². The van der Waals surface area contributed by atoms with Gasteiger partial charge in [-0.15, -0.1) is 0 Å². The number of nitrogens with zero attached hydrogens (tertiary/aromatic N) is 2. The number of sulfonamides is 1. The summed E-state index contributed by atoms with van der Waals surface area (Å²) < 4.78 is 27.8. The molecular weight excluding hydrogens is 374 g/mol. The molecule has 0 heterocycles. The van der Waals surface area contributed by atoms with Gasteiger partial charge >= 0.3 is 0 Å². The number of anilines is 1. The van der Waals surface area contributed by atoms with E-state index in [0.717, 1.165) is 5.56 Å². The molecule has 2 N–H and O–H groups in total. The molecule has 28 heavy (non-hydrogen) atoms. The second kappa shape index (κ2) is 7.43. The van der Waals surface area contributed by atoms with Gasteiger partial charge in [0.25, 0.3) is 10.0 Å². The summed E-state index contributed by atoms with van der Waals surface area (Å²) in [7, 11) is -3.83. The number of phenolic OH excluding ortho intramolecular Hbond substituents is 1. The van der Waals surface area contributed by atoms with Gasteiger partial charge in [0, 0.05) is 0 Å². The zero-order valence-electron chi connectivity index (χ0n) is 14.8. The van der Waals surface area contributed by atoms with Crippen molar-refractivity contribution < 1.29 is 13.5 Å². The minimum absolute atomic E-state index is 0.0220. The number of aryl methyl sites for hydroxylation is 1. The fourth-order valence-corrected chi connectivity index (χ4v) is 3.78. The number of aromatic hydroxyl groups is 1. The van der Waals surface area contributed by atoms with Crippen LogP contribution in [-0.4, -0.2) is 13.5 Å². The van der Waals surface area contributed by atoms with E-state index in [-0.39, 0.29) is 21.8 Å². The van der Waals surface area contributed by atoms with Gasteiger partial charge in [-0.25, -0.2) is 8.42 Å². The Hall–Kier alpha value is -3.81. The lowest BCUT2D eigenvalue weighted by atomic mass is 9.99. The van der Waals surface area contributed by atoms with Crippen LogP contribution in [-0.2, 0) is 10.0 Å². The van der Waals surface area contributed by atoms with Crippen LogP contribution in [0, 0.1) is 29.6 Å². The van der Waals surface area contributed by atoms with Crippen molar-refractivity contribution in [2.45, 2.75) is 11.8 Å². The summed E-state index contributed by atoms with van der Waals surface area (Å²) in [6, 6.07) is 19.3. The van der Waals surface area contributed by atoms with Crippen LogP contribution in [0.4, 0.5) is 5.69 Å². The topological polar surface area (TPSA) is 114 Å². The molecular formula is C21H15N3O3S. The van der Waals surface area contributed by atoms with Crippen LogP contribution in [0.2, 0.25) is 0 Å². The van der Waals surface area contributed by atoms with E-state index in [9.17, 15) is 18.8 Å². The van der Waals surface area contributed by atoms with Crippen molar-refractivity contribution in [3.8, 4) is 29.0 Å². The summed E-state index contributed by atoms with van der Waals surface area (Å²) in [6.45, 7) is 1.78. The molecule has 3 rings (SSSR count). The quantitative estimate of drug-likeness (QED) is 0.702. The molecule has 0 amide bonds. The second-order valence-corrected chi connectivity index (χ2v) is 7.80. The number of nitriles is 2. The van der Waals surface area contributed by atoms with E-state index in [1.165, 1.54) is 24.3 Å². The first-order valence-electron chi connectivity index (χ1n) is 8.21. The molecule has 0 saturated heterocycles. The number of phenols is 1. The first-order valence-corrected chi connectivity index (χ1v) is 9.69. The van der Waals surface area contributed by atoms with Crippen LogP contribution in [0.25, 0.3) is 11.1 Å². The number of nitrogens with one attached hydrogen (secondary N) is 1. The van der Waals surface area contributed by atoms with Gasteiger partial charge in [0.15, 0.2) is 0 Å². The zero-order valence-corrected chi connectivity index (χ0v) is 15.7. The minimum Gasteiger partial charge on any atom is -0.508 e. The molecule has 0 aliphatic carbocycles. The molecule has 3 aromatic carbocycles. The first kappa shape index (κ1) is 19.0. The maximum Gasteiger partial charge on any atom is 0.261 e. The van der Waals surface area contributed by atoms with Gasteiger partial charge < -0.3 is 5.11 Å². The largest absolute Gasteiger partial charge is 0.508 e. The molecule has 7 heteroatoms. The molecule has 0 fully saturated rings. The van der Waals surface area contributed by atoms with Crippen molar-refractivity contribution >= 4 is 15.7 Å². The van der Waals surface area contributed by atoms with Crippen molar-refractivity contribution in [2.75, 3.05) is 4.72 Å². The fourth-order valence-electron chi connectivity index (χ4n) is 2.65. The van der Waals surface area contributed by atoms with E-state index >= 15 is 0 Å². The van der Waals surface area contributed by atoms with E-state index in [1.54, 1.807) is 37.3 Å². The molecule has 0 aliphatic heterocycles. The standard InChI is InChI=1S/C21H15N3O3S/c1-14-2-3-16(15-4-5-17(12-22)18(10-15)13-23)11-21(14)24-28(26,27)20-8-6-19(25)7-9-20/h2-11,24-25H,1H3. The van der Waals surface area contributed by atoms with E-state index in [0.29, 0.717) is 16.8 Å². The predicted octanol–water partition coefficient (Wildman–Crippen LogP) is 3.91. The summed E-state index contributed by atoms with van der Waals surface area (Å²) in [4.78, 5) is 0.0280. The molecule has 0 radical (unpaired) electrons. The molecule has 3 aromatic rings. The van der Waals surface area contributed by atoms with Crippen molar-refractivity contribution in [3.63, 3.8) is 0 Å². The summed E-state index contributed by atoms with van der Waals surface area (Å²) >= 11 is 0. The molecule has 0 saturated carbocycles. The van der Waals surface area contributed by atoms with E-state index in [2.05, 4.69) is 4.72 Å². The zero-order chi connectivity index (χ0) is 20.3. The molecule has 138 valence electrons. The molecule has 0 spiro atoms. The Morgan fingerprint density at radius 2 is 1.46 bits per heavy atom. The summed E-state index contributed by atoms with van der Waals surface area (Å²) in [5.74, 6) is -0.0220. The first-order chi connectivity index (χ1) is 13.3. The Labute approximate surface area is 163 Å². The van der Waals surface area contributed by atoms with Crippen LogP contribution >= 0.6 is 0 Å². The Balaban J connectivity index is 2.00. The van der Waals surface area contributed by atoms with Crippen molar-refractivity contribution in [1.82, 2.24) is 0 Å². The predicted molar refractivity (Wildman–Crippen MR) is 105 cm³/mol. The number of benzene rings is 3. The molecule has 0 unspecified atom stereocenters. The SMILES string of the molecule is Cc1ccc(-c2ccc(C#N)c(C#N)c2)cc1NS(=O)(=O)c1ccc(O)cc1. The molecule has 0 bridgehead atoms. The Morgan fingerprint density at radius 1 is 0.857 bits per heavy atom. The third-order valence-corrected chi connectivity index (χ3v) is 5.60. The van der Waals surface area contributed by atoms with Crippen LogP contribution in [0.5, 0.6) is 5.75 Å². The average molecular weight is 389 g/mol. The normalized spacial score (nSPS) is 10.7. The highest BCUT2D eigenvalue weighted by molar-refractivity contribution is 7.92.